The monoisotopic (exact) mass is 203 g/mol. The number of aryl methyl sites for hydroxylation is 1. The Labute approximate surface area is 92.7 Å². The average Bonchev–Trinajstić information content (AvgIpc) is 2.27. The van der Waals surface area contributed by atoms with Crippen LogP contribution in [0.1, 0.15) is 37.3 Å². The molecule has 1 heteroatoms. The summed E-state index contributed by atoms with van der Waals surface area (Å²) in [5.41, 5.74) is 8.98. The van der Waals surface area contributed by atoms with Gasteiger partial charge in [-0.25, -0.2) is 0 Å². The smallest absolute Gasteiger partial charge is 0.00428 e. The maximum Gasteiger partial charge on any atom is -0.00428 e. The first-order valence-corrected chi connectivity index (χ1v) is 6.02. The summed E-state index contributed by atoms with van der Waals surface area (Å²) in [7, 11) is 0. The molecule has 0 amide bonds. The van der Waals surface area contributed by atoms with E-state index in [2.05, 4.69) is 38.1 Å². The fourth-order valence-corrected chi connectivity index (χ4v) is 3.03. The third kappa shape index (κ3) is 1.93. The third-order valence-electron chi connectivity index (χ3n) is 3.73. The molecule has 1 aromatic rings. The van der Waals surface area contributed by atoms with E-state index in [0.29, 0.717) is 17.8 Å². The molecule has 1 aliphatic carbocycles. The molecule has 0 aliphatic heterocycles. The van der Waals surface area contributed by atoms with Crippen molar-refractivity contribution in [3.63, 3.8) is 0 Å². The SMILES string of the molecule is CC(C)C1c2ccccc2CCC1CN. The van der Waals surface area contributed by atoms with Crippen LogP contribution in [-0.4, -0.2) is 6.54 Å². The Morgan fingerprint density at radius 3 is 2.73 bits per heavy atom. The van der Waals surface area contributed by atoms with Crippen LogP contribution < -0.4 is 5.73 Å². The normalized spacial score (nSPS) is 25.3. The molecule has 2 rings (SSSR count). The van der Waals surface area contributed by atoms with E-state index in [1.807, 2.05) is 0 Å². The molecule has 2 unspecified atom stereocenters. The molecule has 1 aliphatic rings. The minimum Gasteiger partial charge on any atom is -0.330 e. The fourth-order valence-electron chi connectivity index (χ4n) is 3.03. The molecule has 0 spiro atoms. The van der Waals surface area contributed by atoms with E-state index >= 15 is 0 Å². The summed E-state index contributed by atoms with van der Waals surface area (Å²) >= 11 is 0. The Morgan fingerprint density at radius 1 is 1.33 bits per heavy atom. The highest BCUT2D eigenvalue weighted by Gasteiger charge is 2.30. The van der Waals surface area contributed by atoms with Crippen molar-refractivity contribution >= 4 is 0 Å². The van der Waals surface area contributed by atoms with Gasteiger partial charge in [0.2, 0.25) is 0 Å². The first-order valence-electron chi connectivity index (χ1n) is 6.02. The Balaban J connectivity index is 2.38. The van der Waals surface area contributed by atoms with Crippen LogP contribution in [-0.2, 0) is 6.42 Å². The average molecular weight is 203 g/mol. The van der Waals surface area contributed by atoms with E-state index in [0.717, 1.165) is 6.54 Å². The van der Waals surface area contributed by atoms with Gasteiger partial charge in [0, 0.05) is 0 Å². The van der Waals surface area contributed by atoms with Crippen molar-refractivity contribution in [2.24, 2.45) is 17.6 Å². The largest absolute Gasteiger partial charge is 0.330 e. The quantitative estimate of drug-likeness (QED) is 0.785. The molecule has 0 fully saturated rings. The molecule has 2 N–H and O–H groups in total. The molecule has 0 bridgehead atoms. The second-order valence-corrected chi connectivity index (χ2v) is 5.00. The lowest BCUT2D eigenvalue weighted by Gasteiger charge is -2.35. The van der Waals surface area contributed by atoms with Crippen LogP contribution in [0.25, 0.3) is 0 Å². The van der Waals surface area contributed by atoms with Gasteiger partial charge in [0.1, 0.15) is 0 Å². The van der Waals surface area contributed by atoms with Gasteiger partial charge in [0.05, 0.1) is 0 Å². The summed E-state index contributed by atoms with van der Waals surface area (Å²) in [4.78, 5) is 0. The van der Waals surface area contributed by atoms with Gasteiger partial charge >= 0.3 is 0 Å². The summed E-state index contributed by atoms with van der Waals surface area (Å²) in [6.45, 7) is 5.46. The van der Waals surface area contributed by atoms with Crippen molar-refractivity contribution in [2.75, 3.05) is 6.54 Å². The summed E-state index contributed by atoms with van der Waals surface area (Å²) in [6.07, 6.45) is 2.47. The molecular formula is C14H21N. The van der Waals surface area contributed by atoms with Crippen molar-refractivity contribution in [1.29, 1.82) is 0 Å². The zero-order valence-electron chi connectivity index (χ0n) is 9.74. The van der Waals surface area contributed by atoms with Gasteiger partial charge in [-0.2, -0.15) is 0 Å². The van der Waals surface area contributed by atoms with Gasteiger partial charge in [-0.1, -0.05) is 38.1 Å². The maximum atomic E-state index is 5.89. The minimum atomic E-state index is 0.667. The molecule has 0 radical (unpaired) electrons. The molecular weight excluding hydrogens is 182 g/mol. The van der Waals surface area contributed by atoms with Crippen molar-refractivity contribution < 1.29 is 0 Å². The maximum absolute atomic E-state index is 5.89. The topological polar surface area (TPSA) is 26.0 Å². The second-order valence-electron chi connectivity index (χ2n) is 5.00. The molecule has 0 heterocycles. The standard InChI is InChI=1S/C14H21N/c1-10(2)14-12(9-15)8-7-11-5-3-4-6-13(11)14/h3-6,10,12,14H,7-9,15H2,1-2H3. The third-order valence-corrected chi connectivity index (χ3v) is 3.73. The molecule has 15 heavy (non-hydrogen) atoms. The molecule has 82 valence electrons. The van der Waals surface area contributed by atoms with Crippen LogP contribution in [0.2, 0.25) is 0 Å². The van der Waals surface area contributed by atoms with Gasteiger partial charge in [-0.15, -0.1) is 0 Å². The molecule has 2 atom stereocenters. The van der Waals surface area contributed by atoms with Gasteiger partial charge < -0.3 is 5.73 Å². The van der Waals surface area contributed by atoms with Crippen molar-refractivity contribution in [2.45, 2.75) is 32.6 Å². The van der Waals surface area contributed by atoms with E-state index in [1.165, 1.54) is 12.8 Å². The number of benzene rings is 1. The van der Waals surface area contributed by atoms with Crippen LogP contribution in [0, 0.1) is 11.8 Å². The summed E-state index contributed by atoms with van der Waals surface area (Å²) in [5, 5.41) is 0. The van der Waals surface area contributed by atoms with Gasteiger partial charge in [0.25, 0.3) is 0 Å². The summed E-state index contributed by atoms with van der Waals surface area (Å²) in [5.74, 6) is 2.04. The highest BCUT2D eigenvalue weighted by atomic mass is 14.6. The lowest BCUT2D eigenvalue weighted by atomic mass is 9.70. The Kier molecular flexibility index (Phi) is 3.11. The van der Waals surface area contributed by atoms with Gasteiger partial charge in [-0.05, 0) is 48.3 Å². The van der Waals surface area contributed by atoms with E-state index in [4.69, 9.17) is 5.73 Å². The highest BCUT2D eigenvalue weighted by Crippen LogP contribution is 2.40. The predicted molar refractivity (Wildman–Crippen MR) is 64.9 cm³/mol. The zero-order chi connectivity index (χ0) is 10.8. The van der Waals surface area contributed by atoms with Crippen molar-refractivity contribution in [3.8, 4) is 0 Å². The number of hydrogen-bond donors (Lipinski definition) is 1. The first kappa shape index (κ1) is 10.7. The Bertz CT molecular complexity index is 330. The van der Waals surface area contributed by atoms with E-state index in [-0.39, 0.29) is 0 Å². The second kappa shape index (κ2) is 4.36. The van der Waals surface area contributed by atoms with Crippen molar-refractivity contribution in [3.05, 3.63) is 35.4 Å². The minimum absolute atomic E-state index is 0.667. The van der Waals surface area contributed by atoms with Gasteiger partial charge in [-0.3, -0.25) is 0 Å². The number of fused-ring (bicyclic) bond motifs is 1. The zero-order valence-corrected chi connectivity index (χ0v) is 9.74. The number of hydrogen-bond acceptors (Lipinski definition) is 1. The number of rotatable bonds is 2. The molecule has 0 saturated carbocycles. The molecule has 0 saturated heterocycles. The van der Waals surface area contributed by atoms with Crippen LogP contribution in [0.3, 0.4) is 0 Å². The highest BCUT2D eigenvalue weighted by molar-refractivity contribution is 5.33. The van der Waals surface area contributed by atoms with E-state index < -0.39 is 0 Å². The molecule has 0 aromatic heterocycles. The predicted octanol–water partition coefficient (Wildman–Crippen LogP) is 2.95. The lowest BCUT2D eigenvalue weighted by molar-refractivity contribution is 0.311. The summed E-state index contributed by atoms with van der Waals surface area (Å²) < 4.78 is 0. The van der Waals surface area contributed by atoms with Crippen LogP contribution >= 0.6 is 0 Å². The van der Waals surface area contributed by atoms with Gasteiger partial charge in [0.15, 0.2) is 0 Å². The van der Waals surface area contributed by atoms with Crippen molar-refractivity contribution in [1.82, 2.24) is 0 Å². The van der Waals surface area contributed by atoms with Crippen LogP contribution in [0.15, 0.2) is 24.3 Å². The van der Waals surface area contributed by atoms with Crippen LogP contribution in [0.4, 0.5) is 0 Å². The lowest BCUT2D eigenvalue weighted by Crippen LogP contribution is -2.30. The van der Waals surface area contributed by atoms with E-state index in [9.17, 15) is 0 Å². The summed E-state index contributed by atoms with van der Waals surface area (Å²) in [6, 6.07) is 8.88. The Morgan fingerprint density at radius 2 is 2.07 bits per heavy atom. The fraction of sp³-hybridized carbons (Fsp3) is 0.571. The first-order chi connectivity index (χ1) is 7.24. The van der Waals surface area contributed by atoms with Crippen LogP contribution in [0.5, 0.6) is 0 Å². The molecule has 1 aromatic carbocycles. The Hall–Kier alpha value is -0.820. The molecule has 1 nitrogen and oxygen atoms in total. The van der Waals surface area contributed by atoms with E-state index in [1.54, 1.807) is 11.1 Å². The number of nitrogens with two attached hydrogens (primary N) is 1.